The summed E-state index contributed by atoms with van der Waals surface area (Å²) in [4.78, 5) is 21.6. The van der Waals surface area contributed by atoms with Crippen LogP contribution in [0, 0.1) is 11.7 Å². The predicted molar refractivity (Wildman–Crippen MR) is 104 cm³/mol. The highest BCUT2D eigenvalue weighted by molar-refractivity contribution is 7.22. The lowest BCUT2D eigenvalue weighted by atomic mass is 9.84. The minimum absolute atomic E-state index is 0. The zero-order valence-corrected chi connectivity index (χ0v) is 16.3. The molecule has 1 aliphatic carbocycles. The second-order valence-corrected chi connectivity index (χ2v) is 7.26. The summed E-state index contributed by atoms with van der Waals surface area (Å²) in [5.74, 6) is 0.0381. The minimum atomic E-state index is -0.266. The molecular formula is C18H25ClFN3OS. The highest BCUT2D eigenvalue weighted by atomic mass is 35.5. The van der Waals surface area contributed by atoms with Gasteiger partial charge in [-0.25, -0.2) is 9.37 Å². The van der Waals surface area contributed by atoms with Crippen LogP contribution in [0.2, 0.25) is 0 Å². The highest BCUT2D eigenvalue weighted by Gasteiger charge is 2.31. The van der Waals surface area contributed by atoms with E-state index >= 15 is 0 Å². The van der Waals surface area contributed by atoms with Gasteiger partial charge in [0.25, 0.3) is 0 Å². The molecule has 1 saturated carbocycles. The molecule has 1 amide bonds. The van der Waals surface area contributed by atoms with Crippen molar-refractivity contribution in [2.24, 2.45) is 5.92 Å². The van der Waals surface area contributed by atoms with Gasteiger partial charge in [-0.2, -0.15) is 0 Å². The molecule has 1 aliphatic rings. The molecule has 2 aromatic rings. The van der Waals surface area contributed by atoms with Gasteiger partial charge in [-0.1, -0.05) is 31.6 Å². The number of fused-ring (bicyclic) bond motifs is 1. The van der Waals surface area contributed by atoms with Crippen LogP contribution in [0.25, 0.3) is 10.2 Å². The third-order valence-corrected chi connectivity index (χ3v) is 5.87. The smallest absolute Gasteiger partial charge is 0.231 e. The third kappa shape index (κ3) is 4.49. The van der Waals surface area contributed by atoms with Crippen molar-refractivity contribution in [1.82, 2.24) is 9.88 Å². The van der Waals surface area contributed by atoms with E-state index in [1.54, 1.807) is 6.07 Å². The summed E-state index contributed by atoms with van der Waals surface area (Å²) in [6.07, 6.45) is 3.08. The number of amides is 1. The Balaban J connectivity index is 0.00000225. The van der Waals surface area contributed by atoms with Gasteiger partial charge in [0.2, 0.25) is 5.91 Å². The lowest BCUT2D eigenvalue weighted by molar-refractivity contribution is -0.124. The Labute approximate surface area is 158 Å². The van der Waals surface area contributed by atoms with Crippen LogP contribution in [0.15, 0.2) is 18.2 Å². The average Bonchev–Trinajstić information content (AvgIpc) is 2.92. The molecule has 1 aromatic carbocycles. The first kappa shape index (κ1) is 20.1. The van der Waals surface area contributed by atoms with Crippen LogP contribution >= 0.6 is 23.7 Å². The number of anilines is 1. The first-order valence-electron chi connectivity index (χ1n) is 8.72. The van der Waals surface area contributed by atoms with E-state index in [0.29, 0.717) is 11.7 Å². The maximum absolute atomic E-state index is 13.4. The normalized spacial score (nSPS) is 14.4. The number of halogens is 2. The van der Waals surface area contributed by atoms with Crippen LogP contribution in [-0.4, -0.2) is 42.0 Å². The van der Waals surface area contributed by atoms with E-state index < -0.39 is 0 Å². The molecule has 3 rings (SSSR count). The molecule has 1 fully saturated rings. The number of likely N-dealkylation sites (N-methyl/N-ethyl adjacent to an activating group) is 1. The first-order valence-corrected chi connectivity index (χ1v) is 9.53. The van der Waals surface area contributed by atoms with Gasteiger partial charge >= 0.3 is 0 Å². The van der Waals surface area contributed by atoms with Crippen LogP contribution < -0.4 is 4.90 Å². The fraction of sp³-hybridized carbons (Fsp3) is 0.556. The molecule has 0 spiro atoms. The van der Waals surface area contributed by atoms with Gasteiger partial charge in [0.05, 0.1) is 10.2 Å². The molecule has 25 heavy (non-hydrogen) atoms. The molecular weight excluding hydrogens is 361 g/mol. The molecule has 0 radical (unpaired) electrons. The number of thiazole rings is 1. The Kier molecular flexibility index (Phi) is 7.16. The molecule has 7 heteroatoms. The minimum Gasteiger partial charge on any atom is -0.302 e. The summed E-state index contributed by atoms with van der Waals surface area (Å²) in [5, 5.41) is 0.694. The second kappa shape index (κ2) is 8.92. The summed E-state index contributed by atoms with van der Waals surface area (Å²) in [6.45, 7) is 7.65. The summed E-state index contributed by atoms with van der Waals surface area (Å²) >= 11 is 1.40. The van der Waals surface area contributed by atoms with Crippen molar-refractivity contribution in [3.05, 3.63) is 24.0 Å². The number of nitrogens with zero attached hydrogens (tertiary/aromatic N) is 3. The summed E-state index contributed by atoms with van der Waals surface area (Å²) in [5.41, 5.74) is 0.755. The van der Waals surface area contributed by atoms with Crippen LogP contribution in [0.3, 0.4) is 0 Å². The Morgan fingerprint density at radius 2 is 2.00 bits per heavy atom. The van der Waals surface area contributed by atoms with Crippen molar-refractivity contribution < 1.29 is 9.18 Å². The Morgan fingerprint density at radius 1 is 1.28 bits per heavy atom. The number of hydrogen-bond acceptors (Lipinski definition) is 4. The molecule has 4 nitrogen and oxygen atoms in total. The standard InChI is InChI=1S/C18H24FN3OS.ClH/c1-3-21(4-2)10-11-22(17(23)13-6-5-7-13)18-20-15-9-8-14(19)12-16(15)24-18;/h8-9,12-13H,3-7,10-11H2,1-2H3;1H. The fourth-order valence-corrected chi connectivity index (χ4v) is 3.98. The zero-order chi connectivity index (χ0) is 17.1. The zero-order valence-electron chi connectivity index (χ0n) is 14.7. The third-order valence-electron chi connectivity index (χ3n) is 4.82. The Morgan fingerprint density at radius 3 is 2.60 bits per heavy atom. The number of carbonyl (C=O) groups excluding carboxylic acids is 1. The van der Waals surface area contributed by atoms with E-state index in [-0.39, 0.29) is 30.0 Å². The van der Waals surface area contributed by atoms with Gasteiger partial charge in [0, 0.05) is 19.0 Å². The van der Waals surface area contributed by atoms with Crippen LogP contribution in [0.1, 0.15) is 33.1 Å². The van der Waals surface area contributed by atoms with E-state index in [2.05, 4.69) is 23.7 Å². The lowest BCUT2D eigenvalue weighted by Crippen LogP contribution is -2.43. The Hall–Kier alpha value is -1.24. The maximum atomic E-state index is 13.4. The van der Waals surface area contributed by atoms with Crippen molar-refractivity contribution in [1.29, 1.82) is 0 Å². The molecule has 1 heterocycles. The van der Waals surface area contributed by atoms with Crippen molar-refractivity contribution in [2.45, 2.75) is 33.1 Å². The average molecular weight is 386 g/mol. The number of rotatable bonds is 7. The largest absolute Gasteiger partial charge is 0.302 e. The topological polar surface area (TPSA) is 36.4 Å². The lowest BCUT2D eigenvalue weighted by Gasteiger charge is -2.31. The Bertz CT molecular complexity index is 715. The number of benzene rings is 1. The number of hydrogen-bond donors (Lipinski definition) is 0. The molecule has 0 bridgehead atoms. The van der Waals surface area contributed by atoms with E-state index in [1.165, 1.54) is 23.5 Å². The fourth-order valence-electron chi connectivity index (χ4n) is 2.96. The summed E-state index contributed by atoms with van der Waals surface area (Å²) in [6, 6.07) is 4.59. The van der Waals surface area contributed by atoms with Crippen LogP contribution in [-0.2, 0) is 4.79 Å². The SMILES string of the molecule is CCN(CC)CCN(C(=O)C1CCC1)c1nc2ccc(F)cc2s1.Cl. The van der Waals surface area contributed by atoms with E-state index in [1.807, 2.05) is 4.90 Å². The molecule has 0 saturated heterocycles. The van der Waals surface area contributed by atoms with Crippen molar-refractivity contribution in [2.75, 3.05) is 31.1 Å². The number of carbonyl (C=O) groups is 1. The van der Waals surface area contributed by atoms with Crippen LogP contribution in [0.5, 0.6) is 0 Å². The van der Waals surface area contributed by atoms with Gasteiger partial charge < -0.3 is 4.90 Å². The maximum Gasteiger partial charge on any atom is 0.231 e. The van der Waals surface area contributed by atoms with Crippen molar-refractivity contribution in [3.8, 4) is 0 Å². The van der Waals surface area contributed by atoms with Crippen molar-refractivity contribution >= 4 is 45.0 Å². The van der Waals surface area contributed by atoms with Gasteiger partial charge in [0.15, 0.2) is 5.13 Å². The quantitative estimate of drug-likeness (QED) is 0.711. The molecule has 0 atom stereocenters. The van der Waals surface area contributed by atoms with E-state index in [0.717, 1.165) is 49.1 Å². The van der Waals surface area contributed by atoms with E-state index in [9.17, 15) is 9.18 Å². The van der Waals surface area contributed by atoms with Gasteiger partial charge in [-0.05, 0) is 44.1 Å². The molecule has 1 aromatic heterocycles. The van der Waals surface area contributed by atoms with Gasteiger partial charge in [0.1, 0.15) is 5.82 Å². The van der Waals surface area contributed by atoms with Gasteiger partial charge in [-0.15, -0.1) is 12.4 Å². The molecule has 138 valence electrons. The number of aromatic nitrogens is 1. The van der Waals surface area contributed by atoms with E-state index in [4.69, 9.17) is 0 Å². The molecule has 0 N–H and O–H groups in total. The van der Waals surface area contributed by atoms with Gasteiger partial charge in [-0.3, -0.25) is 9.69 Å². The highest BCUT2D eigenvalue weighted by Crippen LogP contribution is 2.34. The molecule has 0 unspecified atom stereocenters. The second-order valence-electron chi connectivity index (χ2n) is 6.25. The van der Waals surface area contributed by atoms with Crippen molar-refractivity contribution in [3.63, 3.8) is 0 Å². The first-order chi connectivity index (χ1) is 11.6. The monoisotopic (exact) mass is 385 g/mol. The molecule has 0 aliphatic heterocycles. The summed E-state index contributed by atoms with van der Waals surface area (Å²) < 4.78 is 14.2. The predicted octanol–water partition coefficient (Wildman–Crippen LogP) is 4.33. The van der Waals surface area contributed by atoms with Crippen LogP contribution in [0.4, 0.5) is 9.52 Å². The summed E-state index contributed by atoms with van der Waals surface area (Å²) in [7, 11) is 0.